The van der Waals surface area contributed by atoms with Crippen LogP contribution in [0, 0.1) is 0 Å². The predicted octanol–water partition coefficient (Wildman–Crippen LogP) is 16.6. The molecule has 0 N–H and O–H groups in total. The number of nitrogens with zero attached hydrogens (tertiary/aromatic N) is 2. The molecule has 0 amide bonds. The van der Waals surface area contributed by atoms with Gasteiger partial charge in [-0.05, 0) is 115 Å². The lowest BCUT2D eigenvalue weighted by molar-refractivity contribution is 1.30. The molecular formula is C58H40N2. The van der Waals surface area contributed by atoms with Crippen molar-refractivity contribution in [3.8, 4) is 22.3 Å². The van der Waals surface area contributed by atoms with Crippen molar-refractivity contribution < 1.29 is 0 Å². The van der Waals surface area contributed by atoms with Gasteiger partial charge in [-0.2, -0.15) is 0 Å². The summed E-state index contributed by atoms with van der Waals surface area (Å²) in [5.74, 6) is 0. The van der Waals surface area contributed by atoms with Gasteiger partial charge in [-0.1, -0.05) is 182 Å². The first-order valence-electron chi connectivity index (χ1n) is 20.6. The molecule has 11 rings (SSSR count). The molecule has 2 nitrogen and oxygen atoms in total. The van der Waals surface area contributed by atoms with Gasteiger partial charge in [-0.25, -0.2) is 0 Å². The highest BCUT2D eigenvalue weighted by Crippen LogP contribution is 2.46. The number of anilines is 6. The molecule has 0 fully saturated rings. The van der Waals surface area contributed by atoms with Crippen LogP contribution < -0.4 is 9.80 Å². The minimum atomic E-state index is 1.11. The van der Waals surface area contributed by atoms with Gasteiger partial charge < -0.3 is 9.80 Å². The average molecular weight is 765 g/mol. The van der Waals surface area contributed by atoms with E-state index in [0.717, 1.165) is 34.1 Å². The molecule has 282 valence electrons. The summed E-state index contributed by atoms with van der Waals surface area (Å²) < 4.78 is 0. The van der Waals surface area contributed by atoms with Crippen molar-refractivity contribution in [3.05, 3.63) is 243 Å². The Bertz CT molecular complexity index is 3010. The topological polar surface area (TPSA) is 6.48 Å². The quantitative estimate of drug-likeness (QED) is 0.142. The summed E-state index contributed by atoms with van der Waals surface area (Å²) in [6.45, 7) is 0. The van der Waals surface area contributed by atoms with Crippen LogP contribution in [-0.2, 0) is 0 Å². The predicted molar refractivity (Wildman–Crippen MR) is 257 cm³/mol. The van der Waals surface area contributed by atoms with E-state index in [2.05, 4.69) is 252 Å². The van der Waals surface area contributed by atoms with Gasteiger partial charge in [-0.15, -0.1) is 0 Å². The van der Waals surface area contributed by atoms with Gasteiger partial charge in [0.05, 0.1) is 11.4 Å². The highest BCUT2D eigenvalue weighted by Gasteiger charge is 2.20. The maximum absolute atomic E-state index is 2.37. The third-order valence-corrected chi connectivity index (χ3v) is 11.8. The van der Waals surface area contributed by atoms with Crippen molar-refractivity contribution in [3.63, 3.8) is 0 Å². The number of rotatable bonds is 8. The fourth-order valence-corrected chi connectivity index (χ4v) is 9.12. The molecule has 0 heterocycles. The van der Waals surface area contributed by atoms with Crippen molar-refractivity contribution >= 4 is 77.2 Å². The van der Waals surface area contributed by atoms with E-state index in [1.807, 2.05) is 0 Å². The molecule has 60 heavy (non-hydrogen) atoms. The zero-order valence-corrected chi connectivity index (χ0v) is 33.0. The van der Waals surface area contributed by atoms with Gasteiger partial charge in [0, 0.05) is 33.5 Å². The molecular weight excluding hydrogens is 725 g/mol. The van der Waals surface area contributed by atoms with E-state index < -0.39 is 0 Å². The van der Waals surface area contributed by atoms with E-state index in [1.165, 1.54) is 65.3 Å². The summed E-state index contributed by atoms with van der Waals surface area (Å²) in [6, 6.07) is 87.8. The molecule has 2 heteroatoms. The van der Waals surface area contributed by atoms with Crippen LogP contribution in [0.3, 0.4) is 0 Å². The molecule has 0 atom stereocenters. The highest BCUT2D eigenvalue weighted by molar-refractivity contribution is 6.21. The van der Waals surface area contributed by atoms with Gasteiger partial charge in [0.15, 0.2) is 0 Å². The molecule has 0 aliphatic rings. The maximum atomic E-state index is 2.37. The van der Waals surface area contributed by atoms with Crippen LogP contribution in [0.25, 0.3) is 65.3 Å². The fraction of sp³-hybridized carbons (Fsp3) is 0. The minimum absolute atomic E-state index is 1.11. The van der Waals surface area contributed by atoms with Crippen LogP contribution >= 0.6 is 0 Å². The third-order valence-electron chi connectivity index (χ3n) is 11.8. The molecule has 0 aliphatic carbocycles. The molecule has 0 unspecified atom stereocenters. The number of hydrogen-bond acceptors (Lipinski definition) is 2. The largest absolute Gasteiger partial charge is 0.310 e. The zero-order valence-electron chi connectivity index (χ0n) is 33.0. The molecule has 0 saturated heterocycles. The van der Waals surface area contributed by atoms with Crippen LogP contribution in [0.2, 0.25) is 0 Å². The number of hydrogen-bond donors (Lipinski definition) is 0. The second kappa shape index (κ2) is 15.1. The number of benzene rings is 11. The lowest BCUT2D eigenvalue weighted by Crippen LogP contribution is -2.10. The van der Waals surface area contributed by atoms with Crippen molar-refractivity contribution in [1.29, 1.82) is 0 Å². The average Bonchev–Trinajstić information content (AvgIpc) is 3.32. The van der Waals surface area contributed by atoms with Crippen molar-refractivity contribution in [2.45, 2.75) is 0 Å². The molecule has 11 aromatic rings. The van der Waals surface area contributed by atoms with E-state index in [9.17, 15) is 0 Å². The van der Waals surface area contributed by atoms with Crippen LogP contribution in [0.15, 0.2) is 243 Å². The lowest BCUT2D eigenvalue weighted by atomic mass is 9.86. The third kappa shape index (κ3) is 6.14. The van der Waals surface area contributed by atoms with E-state index >= 15 is 0 Å². The number of para-hydroxylation sites is 2. The summed E-state index contributed by atoms with van der Waals surface area (Å²) in [4.78, 5) is 4.74. The first-order valence-corrected chi connectivity index (χ1v) is 20.6. The molecule has 0 bridgehead atoms. The Kier molecular flexibility index (Phi) is 8.87. The van der Waals surface area contributed by atoms with E-state index in [4.69, 9.17) is 0 Å². The number of fused-ring (bicyclic) bond motifs is 4. The molecule has 0 aromatic heterocycles. The Morgan fingerprint density at radius 2 is 0.483 bits per heavy atom. The zero-order chi connectivity index (χ0) is 39.8. The van der Waals surface area contributed by atoms with Gasteiger partial charge in [0.1, 0.15) is 0 Å². The van der Waals surface area contributed by atoms with Crippen LogP contribution in [-0.4, -0.2) is 0 Å². The van der Waals surface area contributed by atoms with Crippen LogP contribution in [0.1, 0.15) is 0 Å². The molecule has 0 aliphatic heterocycles. The van der Waals surface area contributed by atoms with E-state index in [1.54, 1.807) is 0 Å². The first kappa shape index (κ1) is 35.2. The summed E-state index contributed by atoms with van der Waals surface area (Å²) in [5, 5.41) is 9.82. The van der Waals surface area contributed by atoms with Gasteiger partial charge in [0.2, 0.25) is 0 Å². The second-order valence-electron chi connectivity index (χ2n) is 15.3. The van der Waals surface area contributed by atoms with Crippen molar-refractivity contribution in [2.24, 2.45) is 0 Å². The first-order chi connectivity index (χ1) is 29.8. The van der Waals surface area contributed by atoms with Gasteiger partial charge in [-0.3, -0.25) is 0 Å². The summed E-state index contributed by atoms with van der Waals surface area (Å²) in [6.07, 6.45) is 0. The Balaban J connectivity index is 1.04. The van der Waals surface area contributed by atoms with Gasteiger partial charge >= 0.3 is 0 Å². The molecule has 11 aromatic carbocycles. The highest BCUT2D eigenvalue weighted by atomic mass is 15.1. The van der Waals surface area contributed by atoms with E-state index in [-0.39, 0.29) is 0 Å². The summed E-state index contributed by atoms with van der Waals surface area (Å²) in [5.41, 5.74) is 11.6. The monoisotopic (exact) mass is 764 g/mol. The molecule has 0 radical (unpaired) electrons. The van der Waals surface area contributed by atoms with Crippen LogP contribution in [0.5, 0.6) is 0 Å². The standard InChI is InChI=1S/C58H40N2/c1-3-21-45(22-4-1)59(55-31-15-19-41-17-7-9-25-49(41)55)47-37-33-43(34-38-47)57-51-27-11-13-29-53(51)58(54-30-14-12-28-52(54)57)44-35-39-48(40-36-44)60(46-23-5-2-6-24-46)56-32-16-20-42-18-8-10-26-50(42)56/h1-40H. The Morgan fingerprint density at radius 1 is 0.200 bits per heavy atom. The maximum Gasteiger partial charge on any atom is 0.0540 e. The summed E-state index contributed by atoms with van der Waals surface area (Å²) in [7, 11) is 0. The van der Waals surface area contributed by atoms with Crippen molar-refractivity contribution in [2.75, 3.05) is 9.80 Å². The lowest BCUT2D eigenvalue weighted by Gasteiger charge is -2.27. The summed E-state index contributed by atoms with van der Waals surface area (Å²) >= 11 is 0. The Hall–Kier alpha value is -7.94. The second-order valence-corrected chi connectivity index (χ2v) is 15.3. The SMILES string of the molecule is c1ccc(N(c2ccc(-c3c4ccccc4c(-c4ccc(N(c5ccccc5)c5cccc6ccccc56)cc4)c4ccccc34)cc2)c2cccc3ccccc23)cc1. The smallest absolute Gasteiger partial charge is 0.0540 e. The van der Waals surface area contributed by atoms with Crippen LogP contribution in [0.4, 0.5) is 34.1 Å². The molecule has 0 spiro atoms. The Labute approximate surface area is 350 Å². The normalized spacial score (nSPS) is 11.3. The molecule has 0 saturated carbocycles. The minimum Gasteiger partial charge on any atom is -0.310 e. The van der Waals surface area contributed by atoms with Crippen molar-refractivity contribution in [1.82, 2.24) is 0 Å². The van der Waals surface area contributed by atoms with Gasteiger partial charge in [0.25, 0.3) is 0 Å². The Morgan fingerprint density at radius 3 is 0.850 bits per heavy atom. The fourth-order valence-electron chi connectivity index (χ4n) is 9.12. The van der Waals surface area contributed by atoms with E-state index in [0.29, 0.717) is 0 Å².